The van der Waals surface area contributed by atoms with Crippen LogP contribution in [0, 0.1) is 6.92 Å². The maximum atomic E-state index is 6.29. The average molecular weight is 304 g/mol. The lowest BCUT2D eigenvalue weighted by molar-refractivity contribution is 0.306. The molecule has 1 unspecified atom stereocenters. The van der Waals surface area contributed by atoms with Crippen molar-refractivity contribution in [1.29, 1.82) is 0 Å². The van der Waals surface area contributed by atoms with Gasteiger partial charge in [-0.25, -0.2) is 0 Å². The van der Waals surface area contributed by atoms with Gasteiger partial charge in [0.05, 0.1) is 5.02 Å². The molecule has 0 bridgehead atoms. The minimum absolute atomic E-state index is 0.181. The fourth-order valence-corrected chi connectivity index (χ4v) is 2.46. The van der Waals surface area contributed by atoms with Crippen LogP contribution in [-0.4, -0.2) is 6.04 Å². The molecule has 2 nitrogen and oxygen atoms in total. The highest BCUT2D eigenvalue weighted by Gasteiger charge is 2.06. The zero-order valence-corrected chi connectivity index (χ0v) is 13.4. The van der Waals surface area contributed by atoms with E-state index in [-0.39, 0.29) is 6.04 Å². The molecule has 0 spiro atoms. The fourth-order valence-electron chi connectivity index (χ4n) is 2.20. The highest BCUT2D eigenvalue weighted by Crippen LogP contribution is 2.27. The lowest BCUT2D eigenvalue weighted by atomic mass is 10.0. The summed E-state index contributed by atoms with van der Waals surface area (Å²) in [5.41, 5.74) is 9.49. The highest BCUT2D eigenvalue weighted by atomic mass is 35.5. The molecule has 0 fully saturated rings. The summed E-state index contributed by atoms with van der Waals surface area (Å²) in [5, 5.41) is 0.642. The molecule has 0 aromatic heterocycles. The van der Waals surface area contributed by atoms with E-state index in [4.69, 9.17) is 22.1 Å². The van der Waals surface area contributed by atoms with Crippen molar-refractivity contribution in [3.05, 3.63) is 64.2 Å². The molecule has 2 aromatic rings. The summed E-state index contributed by atoms with van der Waals surface area (Å²) < 4.78 is 5.80. The summed E-state index contributed by atoms with van der Waals surface area (Å²) in [6.07, 6.45) is 1.80. The van der Waals surface area contributed by atoms with Gasteiger partial charge >= 0.3 is 0 Å². The van der Waals surface area contributed by atoms with Crippen LogP contribution in [0.2, 0.25) is 5.02 Å². The van der Waals surface area contributed by atoms with E-state index in [2.05, 4.69) is 32.0 Å². The van der Waals surface area contributed by atoms with Crippen LogP contribution in [0.4, 0.5) is 0 Å². The van der Waals surface area contributed by atoms with Crippen molar-refractivity contribution in [3.8, 4) is 5.75 Å². The molecule has 0 aliphatic rings. The van der Waals surface area contributed by atoms with Gasteiger partial charge in [-0.15, -0.1) is 0 Å². The van der Waals surface area contributed by atoms with Gasteiger partial charge in [0.2, 0.25) is 0 Å². The van der Waals surface area contributed by atoms with E-state index in [0.717, 1.165) is 24.0 Å². The molecule has 2 N–H and O–H groups in total. The molecule has 0 saturated carbocycles. The largest absolute Gasteiger partial charge is 0.487 e. The Balaban J connectivity index is 2.01. The topological polar surface area (TPSA) is 35.2 Å². The van der Waals surface area contributed by atoms with Gasteiger partial charge in [-0.1, -0.05) is 54.4 Å². The van der Waals surface area contributed by atoms with Crippen molar-refractivity contribution in [1.82, 2.24) is 0 Å². The summed E-state index contributed by atoms with van der Waals surface area (Å²) >= 11 is 6.29. The van der Waals surface area contributed by atoms with E-state index in [1.54, 1.807) is 0 Å². The molecule has 2 aromatic carbocycles. The Kier molecular flexibility index (Phi) is 5.66. The maximum absolute atomic E-state index is 6.29. The Labute approximate surface area is 131 Å². The van der Waals surface area contributed by atoms with E-state index in [1.165, 1.54) is 5.56 Å². The molecule has 0 aliphatic carbocycles. The van der Waals surface area contributed by atoms with Crippen LogP contribution >= 0.6 is 11.6 Å². The van der Waals surface area contributed by atoms with Crippen LogP contribution in [0.5, 0.6) is 5.75 Å². The summed E-state index contributed by atoms with van der Waals surface area (Å²) in [6.45, 7) is 4.68. The highest BCUT2D eigenvalue weighted by molar-refractivity contribution is 6.32. The second-order valence-electron chi connectivity index (χ2n) is 5.41. The minimum atomic E-state index is 0.181. The Morgan fingerprint density at radius 2 is 1.95 bits per heavy atom. The van der Waals surface area contributed by atoms with Crippen LogP contribution in [0.15, 0.2) is 42.5 Å². The van der Waals surface area contributed by atoms with Crippen molar-refractivity contribution in [3.63, 3.8) is 0 Å². The molecule has 112 valence electrons. The van der Waals surface area contributed by atoms with Gasteiger partial charge in [-0.2, -0.15) is 0 Å². The summed E-state index contributed by atoms with van der Waals surface area (Å²) in [7, 11) is 0. The van der Waals surface area contributed by atoms with Crippen LogP contribution in [0.25, 0.3) is 0 Å². The minimum Gasteiger partial charge on any atom is -0.487 e. The molecule has 0 heterocycles. The molecular weight excluding hydrogens is 282 g/mol. The molecule has 1 atom stereocenters. The Hall–Kier alpha value is -1.51. The third-order valence-electron chi connectivity index (χ3n) is 3.50. The first-order valence-electron chi connectivity index (χ1n) is 7.31. The number of halogens is 1. The fraction of sp³-hybridized carbons (Fsp3) is 0.333. The first-order valence-corrected chi connectivity index (χ1v) is 7.68. The summed E-state index contributed by atoms with van der Waals surface area (Å²) in [6, 6.07) is 14.4. The SMILES string of the molecule is CCC(N)Cc1ccc(OCc2cccc(C)c2)c(Cl)c1. The third-order valence-corrected chi connectivity index (χ3v) is 3.79. The van der Waals surface area contributed by atoms with Gasteiger partial charge in [-0.05, 0) is 43.0 Å². The van der Waals surface area contributed by atoms with Gasteiger partial charge in [-0.3, -0.25) is 0 Å². The number of ether oxygens (including phenoxy) is 1. The number of hydrogen-bond acceptors (Lipinski definition) is 2. The molecular formula is C18H22ClNO. The standard InChI is InChI=1S/C18H22ClNO/c1-3-16(20)10-14-7-8-18(17(19)11-14)21-12-15-6-4-5-13(2)9-15/h4-9,11,16H,3,10,12,20H2,1-2H3. The van der Waals surface area contributed by atoms with E-state index in [1.807, 2.05) is 24.3 Å². The van der Waals surface area contributed by atoms with Gasteiger partial charge in [0.15, 0.2) is 0 Å². The smallest absolute Gasteiger partial charge is 0.138 e. The lowest BCUT2D eigenvalue weighted by Crippen LogP contribution is -2.21. The monoisotopic (exact) mass is 303 g/mol. The van der Waals surface area contributed by atoms with Crippen molar-refractivity contribution in [2.45, 2.75) is 39.3 Å². The van der Waals surface area contributed by atoms with Crippen molar-refractivity contribution in [2.75, 3.05) is 0 Å². The molecule has 0 saturated heterocycles. The first kappa shape index (κ1) is 15.9. The number of aryl methyl sites for hydroxylation is 1. The zero-order chi connectivity index (χ0) is 15.2. The number of benzene rings is 2. The Morgan fingerprint density at radius 1 is 1.14 bits per heavy atom. The van der Waals surface area contributed by atoms with Crippen molar-refractivity contribution < 1.29 is 4.74 Å². The van der Waals surface area contributed by atoms with Crippen molar-refractivity contribution in [2.24, 2.45) is 5.73 Å². The van der Waals surface area contributed by atoms with Gasteiger partial charge < -0.3 is 10.5 Å². The van der Waals surface area contributed by atoms with Gasteiger partial charge in [0, 0.05) is 6.04 Å². The van der Waals surface area contributed by atoms with Crippen LogP contribution < -0.4 is 10.5 Å². The quantitative estimate of drug-likeness (QED) is 0.852. The van der Waals surface area contributed by atoms with E-state index in [9.17, 15) is 0 Å². The van der Waals surface area contributed by atoms with Crippen LogP contribution in [-0.2, 0) is 13.0 Å². The summed E-state index contributed by atoms with van der Waals surface area (Å²) in [5.74, 6) is 0.715. The number of rotatable bonds is 6. The van der Waals surface area contributed by atoms with E-state index >= 15 is 0 Å². The average Bonchev–Trinajstić information content (AvgIpc) is 2.46. The second-order valence-corrected chi connectivity index (χ2v) is 5.82. The number of nitrogens with two attached hydrogens (primary N) is 1. The number of hydrogen-bond donors (Lipinski definition) is 1. The van der Waals surface area contributed by atoms with E-state index < -0.39 is 0 Å². The normalized spacial score (nSPS) is 12.2. The first-order chi connectivity index (χ1) is 10.1. The molecule has 3 heteroatoms. The second kappa shape index (κ2) is 7.48. The lowest BCUT2D eigenvalue weighted by Gasteiger charge is -2.12. The zero-order valence-electron chi connectivity index (χ0n) is 12.6. The van der Waals surface area contributed by atoms with Gasteiger partial charge in [0.1, 0.15) is 12.4 Å². The predicted molar refractivity (Wildman–Crippen MR) is 88.9 cm³/mol. The molecule has 0 aliphatic heterocycles. The molecule has 0 radical (unpaired) electrons. The molecule has 2 rings (SSSR count). The Bertz CT molecular complexity index is 598. The predicted octanol–water partition coefficient (Wildman–Crippen LogP) is 4.51. The van der Waals surface area contributed by atoms with Crippen LogP contribution in [0.1, 0.15) is 30.0 Å². The van der Waals surface area contributed by atoms with Crippen molar-refractivity contribution >= 4 is 11.6 Å². The van der Waals surface area contributed by atoms with Crippen LogP contribution in [0.3, 0.4) is 0 Å². The molecule has 0 amide bonds. The Morgan fingerprint density at radius 3 is 2.62 bits per heavy atom. The maximum Gasteiger partial charge on any atom is 0.138 e. The van der Waals surface area contributed by atoms with E-state index in [0.29, 0.717) is 17.4 Å². The summed E-state index contributed by atoms with van der Waals surface area (Å²) in [4.78, 5) is 0. The van der Waals surface area contributed by atoms with Gasteiger partial charge in [0.25, 0.3) is 0 Å². The third kappa shape index (κ3) is 4.76. The molecule has 21 heavy (non-hydrogen) atoms.